The third-order valence-corrected chi connectivity index (χ3v) is 3.63. The van der Waals surface area contributed by atoms with Gasteiger partial charge in [-0.3, -0.25) is 0 Å². The first-order chi connectivity index (χ1) is 6.74. The summed E-state index contributed by atoms with van der Waals surface area (Å²) in [5, 5.41) is 5.73. The van der Waals surface area contributed by atoms with Crippen molar-refractivity contribution in [1.29, 1.82) is 0 Å². The molecule has 1 heterocycles. The van der Waals surface area contributed by atoms with Crippen LogP contribution in [0, 0.1) is 0 Å². The van der Waals surface area contributed by atoms with E-state index in [0.29, 0.717) is 12.0 Å². The molecular formula is C12H21NS. The van der Waals surface area contributed by atoms with Crippen molar-refractivity contribution in [3.05, 3.63) is 22.4 Å². The van der Waals surface area contributed by atoms with Crippen LogP contribution in [0.2, 0.25) is 0 Å². The van der Waals surface area contributed by atoms with E-state index < -0.39 is 0 Å². The zero-order chi connectivity index (χ0) is 10.4. The Hall–Kier alpha value is -0.340. The first kappa shape index (κ1) is 11.7. The van der Waals surface area contributed by atoms with E-state index in [0.717, 1.165) is 6.54 Å². The summed E-state index contributed by atoms with van der Waals surface area (Å²) in [4.78, 5) is 1.49. The molecule has 1 aromatic rings. The fourth-order valence-electron chi connectivity index (χ4n) is 1.59. The highest BCUT2D eigenvalue weighted by Crippen LogP contribution is 2.19. The van der Waals surface area contributed by atoms with E-state index in [4.69, 9.17) is 0 Å². The molecule has 0 bridgehead atoms. The minimum Gasteiger partial charge on any atom is -0.314 e. The third-order valence-electron chi connectivity index (χ3n) is 2.52. The van der Waals surface area contributed by atoms with Crippen molar-refractivity contribution in [2.45, 2.75) is 45.6 Å². The Morgan fingerprint density at radius 3 is 2.79 bits per heavy atom. The van der Waals surface area contributed by atoms with Crippen molar-refractivity contribution < 1.29 is 0 Å². The van der Waals surface area contributed by atoms with Gasteiger partial charge in [-0.1, -0.05) is 26.3 Å². The Balaban J connectivity index is 2.24. The molecule has 2 atom stereocenters. The number of thiophene rings is 1. The quantitative estimate of drug-likeness (QED) is 0.757. The van der Waals surface area contributed by atoms with E-state index in [-0.39, 0.29) is 0 Å². The van der Waals surface area contributed by atoms with Crippen LogP contribution in [0.5, 0.6) is 0 Å². The fourth-order valence-corrected chi connectivity index (χ4v) is 2.37. The minimum absolute atomic E-state index is 0.648. The predicted octanol–water partition coefficient (Wildman–Crippen LogP) is 3.63. The minimum atomic E-state index is 0.648. The molecule has 0 amide bonds. The normalized spacial score (nSPS) is 15.4. The zero-order valence-corrected chi connectivity index (χ0v) is 10.2. The van der Waals surface area contributed by atoms with Crippen LogP contribution in [0.1, 0.15) is 44.4 Å². The zero-order valence-electron chi connectivity index (χ0n) is 9.42. The second kappa shape index (κ2) is 6.20. The van der Waals surface area contributed by atoms with Gasteiger partial charge in [0.15, 0.2) is 0 Å². The van der Waals surface area contributed by atoms with Gasteiger partial charge in [-0.15, -0.1) is 11.3 Å². The molecule has 14 heavy (non-hydrogen) atoms. The maximum Gasteiger partial charge on any atom is 0.00860 e. The molecule has 0 aliphatic carbocycles. The summed E-state index contributed by atoms with van der Waals surface area (Å²) in [5.41, 5.74) is 0. The van der Waals surface area contributed by atoms with E-state index >= 15 is 0 Å². The van der Waals surface area contributed by atoms with Gasteiger partial charge in [-0.25, -0.2) is 0 Å². The average Bonchev–Trinajstić information content (AvgIpc) is 2.67. The Labute approximate surface area is 91.5 Å². The summed E-state index contributed by atoms with van der Waals surface area (Å²) in [6.45, 7) is 7.89. The van der Waals surface area contributed by atoms with Crippen LogP contribution in [0.4, 0.5) is 0 Å². The van der Waals surface area contributed by atoms with Gasteiger partial charge in [0.2, 0.25) is 0 Å². The number of rotatable bonds is 6. The molecule has 0 aromatic carbocycles. The van der Waals surface area contributed by atoms with Gasteiger partial charge < -0.3 is 5.32 Å². The molecule has 1 rings (SSSR count). The maximum atomic E-state index is 3.58. The fraction of sp³-hybridized carbons (Fsp3) is 0.667. The molecule has 2 unspecified atom stereocenters. The number of nitrogens with one attached hydrogen (secondary N) is 1. The Bertz CT molecular complexity index is 230. The highest BCUT2D eigenvalue weighted by atomic mass is 32.1. The van der Waals surface area contributed by atoms with Gasteiger partial charge in [0.1, 0.15) is 0 Å². The Morgan fingerprint density at radius 2 is 2.21 bits per heavy atom. The second-order valence-electron chi connectivity index (χ2n) is 4.01. The molecule has 1 N–H and O–H groups in total. The van der Waals surface area contributed by atoms with Crippen molar-refractivity contribution >= 4 is 11.3 Å². The Kier molecular flexibility index (Phi) is 5.20. The summed E-state index contributed by atoms with van der Waals surface area (Å²) < 4.78 is 0. The van der Waals surface area contributed by atoms with Crippen LogP contribution < -0.4 is 5.32 Å². The number of hydrogen-bond donors (Lipinski definition) is 1. The van der Waals surface area contributed by atoms with Crippen molar-refractivity contribution in [1.82, 2.24) is 5.32 Å². The highest BCUT2D eigenvalue weighted by Gasteiger charge is 2.07. The van der Waals surface area contributed by atoms with E-state index in [1.54, 1.807) is 0 Å². The van der Waals surface area contributed by atoms with Crippen molar-refractivity contribution in [3.63, 3.8) is 0 Å². The van der Waals surface area contributed by atoms with Gasteiger partial charge in [-0.2, -0.15) is 0 Å². The molecule has 1 aromatic heterocycles. The Morgan fingerprint density at radius 1 is 1.43 bits per heavy atom. The molecule has 0 saturated carbocycles. The summed E-state index contributed by atoms with van der Waals surface area (Å²) in [7, 11) is 0. The van der Waals surface area contributed by atoms with Crippen LogP contribution in [0.25, 0.3) is 0 Å². The first-order valence-electron chi connectivity index (χ1n) is 5.50. The van der Waals surface area contributed by atoms with Crippen molar-refractivity contribution in [3.8, 4) is 0 Å². The van der Waals surface area contributed by atoms with Crippen LogP contribution in [0.15, 0.2) is 17.5 Å². The SMILES string of the molecule is CCCC(C)NCC(C)c1cccs1. The van der Waals surface area contributed by atoms with Crippen LogP contribution in [0.3, 0.4) is 0 Å². The predicted molar refractivity (Wildman–Crippen MR) is 65.1 cm³/mol. The summed E-state index contributed by atoms with van der Waals surface area (Å²) >= 11 is 1.86. The largest absolute Gasteiger partial charge is 0.314 e. The van der Waals surface area contributed by atoms with Gasteiger partial charge in [0, 0.05) is 23.4 Å². The average molecular weight is 211 g/mol. The molecule has 0 radical (unpaired) electrons. The lowest BCUT2D eigenvalue weighted by Gasteiger charge is -2.16. The van der Waals surface area contributed by atoms with E-state index in [2.05, 4.69) is 43.6 Å². The lowest BCUT2D eigenvalue weighted by molar-refractivity contribution is 0.490. The third kappa shape index (κ3) is 3.81. The summed E-state index contributed by atoms with van der Waals surface area (Å²) in [6, 6.07) is 5.01. The van der Waals surface area contributed by atoms with Crippen molar-refractivity contribution in [2.24, 2.45) is 0 Å². The number of hydrogen-bond acceptors (Lipinski definition) is 2. The molecule has 0 spiro atoms. The van der Waals surface area contributed by atoms with E-state index in [1.165, 1.54) is 17.7 Å². The molecule has 0 aliphatic rings. The molecule has 1 nitrogen and oxygen atoms in total. The standard InChI is InChI=1S/C12H21NS/c1-4-6-11(3)13-9-10(2)12-7-5-8-14-12/h5,7-8,10-11,13H,4,6,9H2,1-3H3. The molecule has 0 aliphatic heterocycles. The van der Waals surface area contributed by atoms with Crippen LogP contribution in [-0.2, 0) is 0 Å². The monoisotopic (exact) mass is 211 g/mol. The second-order valence-corrected chi connectivity index (χ2v) is 4.99. The molecule has 0 saturated heterocycles. The van der Waals surface area contributed by atoms with Crippen LogP contribution in [-0.4, -0.2) is 12.6 Å². The maximum absolute atomic E-state index is 3.58. The van der Waals surface area contributed by atoms with Gasteiger partial charge in [0.25, 0.3) is 0 Å². The van der Waals surface area contributed by atoms with E-state index in [1.807, 2.05) is 11.3 Å². The van der Waals surface area contributed by atoms with Gasteiger partial charge in [-0.05, 0) is 24.8 Å². The van der Waals surface area contributed by atoms with Gasteiger partial charge in [0.05, 0.1) is 0 Å². The molecule has 2 heteroatoms. The lowest BCUT2D eigenvalue weighted by Crippen LogP contribution is -2.29. The molecule has 0 fully saturated rings. The summed E-state index contributed by atoms with van der Waals surface area (Å²) in [5.74, 6) is 0.648. The van der Waals surface area contributed by atoms with Crippen molar-refractivity contribution in [2.75, 3.05) is 6.54 Å². The smallest absolute Gasteiger partial charge is 0.00860 e. The first-order valence-corrected chi connectivity index (χ1v) is 6.38. The van der Waals surface area contributed by atoms with E-state index in [9.17, 15) is 0 Å². The van der Waals surface area contributed by atoms with Gasteiger partial charge >= 0.3 is 0 Å². The summed E-state index contributed by atoms with van der Waals surface area (Å²) in [6.07, 6.45) is 2.54. The highest BCUT2D eigenvalue weighted by molar-refractivity contribution is 7.10. The van der Waals surface area contributed by atoms with Crippen LogP contribution >= 0.6 is 11.3 Å². The molecule has 80 valence electrons. The topological polar surface area (TPSA) is 12.0 Å². The lowest BCUT2D eigenvalue weighted by atomic mass is 10.1. The molecular weight excluding hydrogens is 190 g/mol.